The lowest BCUT2D eigenvalue weighted by Crippen LogP contribution is -2.28. The van der Waals surface area contributed by atoms with Gasteiger partial charge in [0.05, 0.1) is 12.5 Å². The van der Waals surface area contributed by atoms with E-state index in [4.69, 9.17) is 17.3 Å². The number of amides is 1. The maximum atomic E-state index is 12.1. The van der Waals surface area contributed by atoms with E-state index in [1.165, 1.54) is 5.01 Å². The number of hydrazone groups is 1. The highest BCUT2D eigenvalue weighted by Crippen LogP contribution is 2.21. The molecule has 1 heterocycles. The number of nitrogens with two attached hydrogens (primary N) is 1. The van der Waals surface area contributed by atoms with Gasteiger partial charge in [-0.15, -0.1) is 0 Å². The molecular weight excluding hydrogens is 250 g/mol. The van der Waals surface area contributed by atoms with E-state index in [0.29, 0.717) is 24.5 Å². The average Bonchev–Trinajstić information content (AvgIpc) is 2.60. The largest absolute Gasteiger partial charge is 0.330 e. The first-order valence-electron chi connectivity index (χ1n) is 5.93. The summed E-state index contributed by atoms with van der Waals surface area (Å²) in [6.07, 6.45) is 0.658. The lowest BCUT2D eigenvalue weighted by atomic mass is 10.0. The highest BCUT2D eigenvalue weighted by atomic mass is 35.5. The summed E-state index contributed by atoms with van der Waals surface area (Å²) in [5, 5.41) is 6.50. The predicted octanol–water partition coefficient (Wildman–Crippen LogP) is 2.02. The molecule has 2 rings (SSSR count). The van der Waals surface area contributed by atoms with E-state index in [1.54, 1.807) is 0 Å². The fourth-order valence-corrected chi connectivity index (χ4v) is 2.17. The number of halogens is 1. The van der Waals surface area contributed by atoms with Crippen molar-refractivity contribution in [1.82, 2.24) is 5.01 Å². The highest BCUT2D eigenvalue weighted by molar-refractivity contribution is 6.30. The Labute approximate surface area is 111 Å². The molecule has 0 saturated heterocycles. The first kappa shape index (κ1) is 13.1. The zero-order chi connectivity index (χ0) is 13.1. The van der Waals surface area contributed by atoms with Gasteiger partial charge in [-0.1, -0.05) is 23.7 Å². The third-order valence-corrected chi connectivity index (χ3v) is 3.29. The third-order valence-electron chi connectivity index (χ3n) is 3.04. The Morgan fingerprint density at radius 2 is 2.06 bits per heavy atom. The number of carbonyl (C=O) groups excluding carboxylic acids is 1. The van der Waals surface area contributed by atoms with Crippen LogP contribution in [-0.4, -0.2) is 23.2 Å². The average molecular weight is 266 g/mol. The van der Waals surface area contributed by atoms with Crippen LogP contribution in [0.5, 0.6) is 0 Å². The quantitative estimate of drug-likeness (QED) is 0.906. The van der Waals surface area contributed by atoms with Crippen LogP contribution in [-0.2, 0) is 11.3 Å². The number of hydrogen-bond acceptors (Lipinski definition) is 3. The highest BCUT2D eigenvalue weighted by Gasteiger charge is 2.32. The molecule has 0 spiro atoms. The maximum absolute atomic E-state index is 12.1. The number of hydrogen-bond donors (Lipinski definition) is 1. The number of benzene rings is 1. The van der Waals surface area contributed by atoms with E-state index < -0.39 is 0 Å². The molecule has 1 aliphatic rings. The van der Waals surface area contributed by atoms with Crippen LogP contribution in [0.3, 0.4) is 0 Å². The smallest absolute Gasteiger partial charge is 0.251 e. The van der Waals surface area contributed by atoms with E-state index in [-0.39, 0.29) is 11.8 Å². The van der Waals surface area contributed by atoms with Crippen LogP contribution in [0.15, 0.2) is 29.4 Å². The van der Waals surface area contributed by atoms with Crippen molar-refractivity contribution in [2.24, 2.45) is 16.8 Å². The second-order valence-electron chi connectivity index (χ2n) is 4.39. The topological polar surface area (TPSA) is 58.7 Å². The third kappa shape index (κ3) is 2.71. The predicted molar refractivity (Wildman–Crippen MR) is 72.3 cm³/mol. The minimum absolute atomic E-state index is 0.0351. The Kier molecular flexibility index (Phi) is 3.99. The molecule has 18 heavy (non-hydrogen) atoms. The summed E-state index contributed by atoms with van der Waals surface area (Å²) >= 11 is 5.82. The molecule has 1 unspecified atom stereocenters. The van der Waals surface area contributed by atoms with Gasteiger partial charge in [-0.05, 0) is 37.6 Å². The van der Waals surface area contributed by atoms with Gasteiger partial charge >= 0.3 is 0 Å². The van der Waals surface area contributed by atoms with Gasteiger partial charge in [-0.3, -0.25) is 4.79 Å². The van der Waals surface area contributed by atoms with Crippen molar-refractivity contribution in [3.05, 3.63) is 34.9 Å². The van der Waals surface area contributed by atoms with E-state index in [1.807, 2.05) is 31.2 Å². The van der Waals surface area contributed by atoms with Crippen molar-refractivity contribution >= 4 is 23.2 Å². The molecule has 1 aromatic carbocycles. The standard InChI is InChI=1S/C13H16ClN3O/c1-9-12(6-7-15)13(18)17(16-9)8-10-2-4-11(14)5-3-10/h2-5,12H,6-8,15H2,1H3. The monoisotopic (exact) mass is 265 g/mol. The van der Waals surface area contributed by atoms with Crippen LogP contribution in [0.4, 0.5) is 0 Å². The Hall–Kier alpha value is -1.39. The van der Waals surface area contributed by atoms with Gasteiger partial charge in [0.2, 0.25) is 0 Å². The maximum Gasteiger partial charge on any atom is 0.251 e. The normalized spacial score (nSPS) is 19.3. The molecule has 1 amide bonds. The summed E-state index contributed by atoms with van der Waals surface area (Å²) < 4.78 is 0. The molecule has 1 aromatic rings. The molecule has 4 nitrogen and oxygen atoms in total. The Morgan fingerprint density at radius 1 is 1.39 bits per heavy atom. The fourth-order valence-electron chi connectivity index (χ4n) is 2.04. The van der Waals surface area contributed by atoms with Gasteiger partial charge in [0.25, 0.3) is 5.91 Å². The van der Waals surface area contributed by atoms with Crippen LogP contribution in [0.2, 0.25) is 5.02 Å². The molecule has 1 aliphatic heterocycles. The van der Waals surface area contributed by atoms with Gasteiger partial charge in [-0.25, -0.2) is 5.01 Å². The van der Waals surface area contributed by atoms with Crippen molar-refractivity contribution in [1.29, 1.82) is 0 Å². The molecule has 0 bridgehead atoms. The van der Waals surface area contributed by atoms with Crippen LogP contribution in [0, 0.1) is 5.92 Å². The zero-order valence-corrected chi connectivity index (χ0v) is 11.0. The van der Waals surface area contributed by atoms with E-state index in [2.05, 4.69) is 5.10 Å². The van der Waals surface area contributed by atoms with Gasteiger partial charge in [0.1, 0.15) is 0 Å². The van der Waals surface area contributed by atoms with Gasteiger partial charge in [-0.2, -0.15) is 5.10 Å². The second kappa shape index (κ2) is 5.50. The molecule has 2 N–H and O–H groups in total. The van der Waals surface area contributed by atoms with Gasteiger partial charge in [0, 0.05) is 10.7 Å². The van der Waals surface area contributed by atoms with E-state index in [0.717, 1.165) is 11.3 Å². The van der Waals surface area contributed by atoms with E-state index >= 15 is 0 Å². The second-order valence-corrected chi connectivity index (χ2v) is 4.83. The lowest BCUT2D eigenvalue weighted by molar-refractivity contribution is -0.132. The Bertz CT molecular complexity index is 470. The molecule has 0 radical (unpaired) electrons. The summed E-state index contributed by atoms with van der Waals surface area (Å²) in [4.78, 5) is 12.1. The molecule has 0 aromatic heterocycles. The van der Waals surface area contributed by atoms with Crippen molar-refractivity contribution in [2.45, 2.75) is 19.9 Å². The Balaban J connectivity index is 2.07. The zero-order valence-electron chi connectivity index (χ0n) is 10.3. The molecule has 5 heteroatoms. The summed E-state index contributed by atoms with van der Waals surface area (Å²) in [7, 11) is 0. The van der Waals surface area contributed by atoms with Crippen LogP contribution in [0.1, 0.15) is 18.9 Å². The van der Waals surface area contributed by atoms with Crippen LogP contribution >= 0.6 is 11.6 Å². The van der Waals surface area contributed by atoms with Crippen LogP contribution in [0.25, 0.3) is 0 Å². The SMILES string of the molecule is CC1=NN(Cc2ccc(Cl)cc2)C(=O)C1CCN. The fraction of sp³-hybridized carbons (Fsp3) is 0.385. The van der Waals surface area contributed by atoms with Gasteiger partial charge < -0.3 is 5.73 Å². The number of rotatable bonds is 4. The first-order chi connectivity index (χ1) is 8.61. The van der Waals surface area contributed by atoms with Crippen molar-refractivity contribution in [2.75, 3.05) is 6.54 Å². The van der Waals surface area contributed by atoms with Crippen molar-refractivity contribution in [3.63, 3.8) is 0 Å². The molecule has 96 valence electrons. The van der Waals surface area contributed by atoms with Crippen LogP contribution < -0.4 is 5.73 Å². The molecular formula is C13H16ClN3O. The Morgan fingerprint density at radius 3 is 2.67 bits per heavy atom. The summed E-state index contributed by atoms with van der Waals surface area (Å²) in [5.41, 5.74) is 7.37. The van der Waals surface area contributed by atoms with Crippen molar-refractivity contribution < 1.29 is 4.79 Å². The summed E-state index contributed by atoms with van der Waals surface area (Å²) in [5.74, 6) is -0.116. The minimum atomic E-state index is -0.151. The van der Waals surface area contributed by atoms with Gasteiger partial charge in [0.15, 0.2) is 0 Å². The van der Waals surface area contributed by atoms with E-state index in [9.17, 15) is 4.79 Å². The van der Waals surface area contributed by atoms with Crippen molar-refractivity contribution in [3.8, 4) is 0 Å². The minimum Gasteiger partial charge on any atom is -0.330 e. The number of nitrogens with zero attached hydrogens (tertiary/aromatic N) is 2. The molecule has 0 aliphatic carbocycles. The lowest BCUT2D eigenvalue weighted by Gasteiger charge is -2.14. The molecule has 0 saturated carbocycles. The molecule has 0 fully saturated rings. The first-order valence-corrected chi connectivity index (χ1v) is 6.30. The molecule has 1 atom stereocenters. The number of carbonyl (C=O) groups is 1. The summed E-state index contributed by atoms with van der Waals surface area (Å²) in [6, 6.07) is 7.42. The summed E-state index contributed by atoms with van der Waals surface area (Å²) in [6.45, 7) is 2.85.